The zero-order chi connectivity index (χ0) is 12.2. The molecule has 0 aliphatic heterocycles. The number of hydrogen-bond acceptors (Lipinski definition) is 4. The van der Waals surface area contributed by atoms with E-state index in [0.29, 0.717) is 5.76 Å². The predicted octanol–water partition coefficient (Wildman–Crippen LogP) is 1.67. The Hall–Kier alpha value is -0.810. The van der Waals surface area contributed by atoms with Gasteiger partial charge in [-0.2, -0.15) is 0 Å². The second-order valence-corrected chi connectivity index (χ2v) is 6.23. The molecule has 1 atom stereocenters. The van der Waals surface area contributed by atoms with Gasteiger partial charge < -0.3 is 9.73 Å². The Labute approximate surface area is 97.0 Å². The van der Waals surface area contributed by atoms with Crippen LogP contribution in [-0.4, -0.2) is 27.0 Å². The fourth-order valence-electron chi connectivity index (χ4n) is 1.50. The summed E-state index contributed by atoms with van der Waals surface area (Å²) >= 11 is 0. The molecule has 0 saturated heterocycles. The molecule has 16 heavy (non-hydrogen) atoms. The van der Waals surface area contributed by atoms with E-state index >= 15 is 0 Å². The number of sulfone groups is 1. The molecular weight excluding hydrogens is 226 g/mol. The minimum absolute atomic E-state index is 0.0694. The van der Waals surface area contributed by atoms with E-state index in [1.54, 1.807) is 0 Å². The molecule has 0 saturated carbocycles. The van der Waals surface area contributed by atoms with Crippen LogP contribution in [0.15, 0.2) is 16.5 Å². The summed E-state index contributed by atoms with van der Waals surface area (Å²) in [5, 5.41) is 3.18. The van der Waals surface area contributed by atoms with Crippen molar-refractivity contribution in [3.63, 3.8) is 0 Å². The summed E-state index contributed by atoms with van der Waals surface area (Å²) in [5.74, 6) is 1.56. The van der Waals surface area contributed by atoms with E-state index in [1.807, 2.05) is 26.0 Å². The van der Waals surface area contributed by atoms with Crippen LogP contribution in [0.2, 0.25) is 0 Å². The summed E-state index contributed by atoms with van der Waals surface area (Å²) in [6.45, 7) is 4.67. The summed E-state index contributed by atoms with van der Waals surface area (Å²) in [4.78, 5) is 0. The van der Waals surface area contributed by atoms with Crippen LogP contribution in [0, 0.1) is 6.92 Å². The zero-order valence-corrected chi connectivity index (χ0v) is 10.8. The average Bonchev–Trinajstić information content (AvgIpc) is 2.57. The molecule has 0 spiro atoms. The van der Waals surface area contributed by atoms with Gasteiger partial charge in [-0.25, -0.2) is 8.42 Å². The normalized spacial score (nSPS) is 13.9. The first-order valence-electron chi connectivity index (χ1n) is 5.40. The fourth-order valence-corrected chi connectivity index (χ4v) is 2.39. The van der Waals surface area contributed by atoms with E-state index in [1.165, 1.54) is 6.26 Å². The molecule has 1 aromatic heterocycles. The Balaban J connectivity index is 2.78. The Morgan fingerprint density at radius 3 is 2.56 bits per heavy atom. The third-order valence-electron chi connectivity index (χ3n) is 2.21. The van der Waals surface area contributed by atoms with Gasteiger partial charge in [-0.05, 0) is 32.0 Å². The van der Waals surface area contributed by atoms with E-state index in [9.17, 15) is 8.42 Å². The van der Waals surface area contributed by atoms with Gasteiger partial charge in [0.25, 0.3) is 0 Å². The van der Waals surface area contributed by atoms with Crippen LogP contribution in [0.4, 0.5) is 0 Å². The largest absolute Gasteiger partial charge is 0.465 e. The number of nitrogens with one attached hydrogen (secondary N) is 1. The molecule has 0 amide bonds. The Bertz CT molecular complexity index is 422. The maximum atomic E-state index is 11.3. The molecule has 1 rings (SSSR count). The lowest BCUT2D eigenvalue weighted by Gasteiger charge is -2.14. The summed E-state index contributed by atoms with van der Waals surface area (Å²) in [5.41, 5.74) is 0. The van der Waals surface area contributed by atoms with Crippen LogP contribution in [0.5, 0.6) is 0 Å². The van der Waals surface area contributed by atoms with Gasteiger partial charge in [0.1, 0.15) is 21.4 Å². The van der Waals surface area contributed by atoms with Crippen molar-refractivity contribution in [2.75, 3.05) is 18.6 Å². The van der Waals surface area contributed by atoms with Gasteiger partial charge in [-0.15, -0.1) is 0 Å². The van der Waals surface area contributed by atoms with E-state index in [0.717, 1.165) is 18.7 Å². The van der Waals surface area contributed by atoms with Crippen LogP contribution >= 0.6 is 0 Å². The van der Waals surface area contributed by atoms with Crippen molar-refractivity contribution in [3.8, 4) is 0 Å². The van der Waals surface area contributed by atoms with Crippen LogP contribution in [0.3, 0.4) is 0 Å². The van der Waals surface area contributed by atoms with Crippen molar-refractivity contribution < 1.29 is 12.8 Å². The van der Waals surface area contributed by atoms with Gasteiger partial charge in [0.05, 0.1) is 11.8 Å². The smallest absolute Gasteiger partial charge is 0.149 e. The van der Waals surface area contributed by atoms with Gasteiger partial charge in [0, 0.05) is 6.26 Å². The van der Waals surface area contributed by atoms with Crippen molar-refractivity contribution >= 4 is 9.84 Å². The van der Waals surface area contributed by atoms with E-state index in [2.05, 4.69) is 5.32 Å². The van der Waals surface area contributed by atoms with Crippen molar-refractivity contribution in [3.05, 3.63) is 23.7 Å². The van der Waals surface area contributed by atoms with Crippen molar-refractivity contribution in [2.45, 2.75) is 26.3 Å². The van der Waals surface area contributed by atoms with Crippen molar-refractivity contribution in [1.82, 2.24) is 5.32 Å². The van der Waals surface area contributed by atoms with Gasteiger partial charge in [0.2, 0.25) is 0 Å². The lowest BCUT2D eigenvalue weighted by Crippen LogP contribution is -2.28. The SMILES string of the molecule is CCCNC(CS(C)(=O)=O)c1ccc(C)o1. The highest BCUT2D eigenvalue weighted by molar-refractivity contribution is 7.90. The van der Waals surface area contributed by atoms with E-state index < -0.39 is 9.84 Å². The van der Waals surface area contributed by atoms with Crippen LogP contribution in [0.25, 0.3) is 0 Å². The monoisotopic (exact) mass is 245 g/mol. The molecule has 0 aromatic carbocycles. The fraction of sp³-hybridized carbons (Fsp3) is 0.636. The third-order valence-corrected chi connectivity index (χ3v) is 3.15. The van der Waals surface area contributed by atoms with Gasteiger partial charge in [-0.3, -0.25) is 0 Å². The maximum absolute atomic E-state index is 11.3. The van der Waals surface area contributed by atoms with Crippen molar-refractivity contribution in [2.24, 2.45) is 0 Å². The molecule has 1 N–H and O–H groups in total. The average molecular weight is 245 g/mol. The van der Waals surface area contributed by atoms with Crippen LogP contribution in [0.1, 0.15) is 30.9 Å². The highest BCUT2D eigenvalue weighted by Crippen LogP contribution is 2.17. The molecule has 0 fully saturated rings. The first-order chi connectivity index (χ1) is 7.42. The summed E-state index contributed by atoms with van der Waals surface area (Å²) < 4.78 is 28.1. The quantitative estimate of drug-likeness (QED) is 0.828. The molecule has 4 nitrogen and oxygen atoms in total. The molecule has 0 radical (unpaired) electrons. The standard InChI is InChI=1S/C11H19NO3S/c1-4-7-12-10(8-16(3,13)14)11-6-5-9(2)15-11/h5-6,10,12H,4,7-8H2,1-3H3. The van der Waals surface area contributed by atoms with Gasteiger partial charge >= 0.3 is 0 Å². The minimum Gasteiger partial charge on any atom is -0.465 e. The van der Waals surface area contributed by atoms with Crippen LogP contribution in [-0.2, 0) is 9.84 Å². The Morgan fingerprint density at radius 2 is 2.12 bits per heavy atom. The summed E-state index contributed by atoms with van der Waals surface area (Å²) in [6.07, 6.45) is 2.20. The molecule has 0 aliphatic carbocycles. The first-order valence-corrected chi connectivity index (χ1v) is 7.46. The predicted molar refractivity (Wildman–Crippen MR) is 64.2 cm³/mol. The van der Waals surface area contributed by atoms with E-state index in [-0.39, 0.29) is 11.8 Å². The highest BCUT2D eigenvalue weighted by atomic mass is 32.2. The number of furan rings is 1. The zero-order valence-electron chi connectivity index (χ0n) is 9.99. The number of aryl methyl sites for hydroxylation is 1. The Kier molecular flexibility index (Phi) is 4.56. The molecular formula is C11H19NO3S. The third kappa shape index (κ3) is 4.37. The molecule has 92 valence electrons. The summed E-state index contributed by atoms with van der Waals surface area (Å²) in [7, 11) is -3.02. The van der Waals surface area contributed by atoms with Crippen molar-refractivity contribution in [1.29, 1.82) is 0 Å². The van der Waals surface area contributed by atoms with E-state index in [4.69, 9.17) is 4.42 Å². The topological polar surface area (TPSA) is 59.3 Å². The summed E-state index contributed by atoms with van der Waals surface area (Å²) in [6, 6.07) is 3.43. The second-order valence-electron chi connectivity index (χ2n) is 4.05. The molecule has 0 aliphatic rings. The van der Waals surface area contributed by atoms with Gasteiger partial charge in [-0.1, -0.05) is 6.92 Å². The first kappa shape index (κ1) is 13.3. The lowest BCUT2D eigenvalue weighted by molar-refractivity contribution is 0.416. The van der Waals surface area contributed by atoms with Crippen LogP contribution < -0.4 is 5.32 Å². The maximum Gasteiger partial charge on any atom is 0.149 e. The Morgan fingerprint density at radius 1 is 1.44 bits per heavy atom. The number of rotatable bonds is 6. The molecule has 1 aromatic rings. The lowest BCUT2D eigenvalue weighted by atomic mass is 10.2. The molecule has 1 heterocycles. The minimum atomic E-state index is -3.02. The highest BCUT2D eigenvalue weighted by Gasteiger charge is 2.19. The molecule has 1 unspecified atom stereocenters. The van der Waals surface area contributed by atoms with Gasteiger partial charge in [0.15, 0.2) is 0 Å². The molecule has 0 bridgehead atoms. The second kappa shape index (κ2) is 5.50. The molecule has 5 heteroatoms. The number of hydrogen-bond donors (Lipinski definition) is 1.